The Bertz CT molecular complexity index is 540. The van der Waals surface area contributed by atoms with E-state index in [0.717, 1.165) is 11.3 Å². The van der Waals surface area contributed by atoms with Crippen LogP contribution in [0.15, 0.2) is 29.0 Å². The maximum atomic E-state index is 5.42. The smallest absolute Gasteiger partial charge is 0.203 e. The zero-order chi connectivity index (χ0) is 14.4. The molecule has 0 bridgehead atoms. The van der Waals surface area contributed by atoms with Crippen LogP contribution in [-0.4, -0.2) is 26.5 Å². The molecule has 0 saturated heterocycles. The summed E-state index contributed by atoms with van der Waals surface area (Å²) in [7, 11) is 4.80. The van der Waals surface area contributed by atoms with Crippen LogP contribution in [0.5, 0.6) is 17.2 Å². The van der Waals surface area contributed by atoms with Gasteiger partial charge >= 0.3 is 0 Å². The van der Waals surface area contributed by atoms with Crippen molar-refractivity contribution in [3.8, 4) is 17.2 Å². The first-order valence-electron chi connectivity index (χ1n) is 6.18. The summed E-state index contributed by atoms with van der Waals surface area (Å²) in [4.78, 5) is 0. The molecule has 2 rings (SSSR count). The van der Waals surface area contributed by atoms with Crippen molar-refractivity contribution in [1.29, 1.82) is 0 Å². The number of nitrogens with zero attached hydrogens (tertiary/aromatic N) is 1. The van der Waals surface area contributed by atoms with Gasteiger partial charge in [-0.05, 0) is 6.07 Å². The molecule has 6 heteroatoms. The summed E-state index contributed by atoms with van der Waals surface area (Å²) in [6, 6.07) is 5.61. The molecule has 0 atom stereocenters. The summed E-state index contributed by atoms with van der Waals surface area (Å²) < 4.78 is 20.8. The fraction of sp³-hybridized carbons (Fsp3) is 0.357. The third-order valence-electron chi connectivity index (χ3n) is 2.90. The Hall–Kier alpha value is -2.21. The first-order valence-corrected chi connectivity index (χ1v) is 6.18. The van der Waals surface area contributed by atoms with Crippen LogP contribution in [0.4, 0.5) is 0 Å². The van der Waals surface area contributed by atoms with Crippen molar-refractivity contribution in [2.24, 2.45) is 0 Å². The van der Waals surface area contributed by atoms with Gasteiger partial charge in [-0.25, -0.2) is 0 Å². The molecule has 0 aliphatic rings. The number of hydrogen-bond acceptors (Lipinski definition) is 6. The molecule has 2 aromatic rings. The topological polar surface area (TPSA) is 65.8 Å². The molecule has 20 heavy (non-hydrogen) atoms. The van der Waals surface area contributed by atoms with Gasteiger partial charge in [0.05, 0.1) is 27.0 Å². The molecule has 1 heterocycles. The first kappa shape index (κ1) is 14.2. The summed E-state index contributed by atoms with van der Waals surface area (Å²) in [6.07, 6.45) is 1.55. The van der Waals surface area contributed by atoms with Gasteiger partial charge in [-0.3, -0.25) is 0 Å². The number of methoxy groups -OCH3 is 3. The van der Waals surface area contributed by atoms with Crippen LogP contribution >= 0.6 is 0 Å². The normalized spacial score (nSPS) is 10.3. The van der Waals surface area contributed by atoms with E-state index < -0.39 is 0 Å². The lowest BCUT2D eigenvalue weighted by Gasteiger charge is -2.15. The van der Waals surface area contributed by atoms with Crippen LogP contribution in [0.2, 0.25) is 0 Å². The fourth-order valence-electron chi connectivity index (χ4n) is 1.96. The molecule has 0 radical (unpaired) electrons. The second-order valence-corrected chi connectivity index (χ2v) is 4.09. The molecule has 0 unspecified atom stereocenters. The van der Waals surface area contributed by atoms with E-state index in [1.54, 1.807) is 27.6 Å². The molecule has 0 spiro atoms. The monoisotopic (exact) mass is 278 g/mol. The Labute approximate surface area is 117 Å². The predicted octanol–water partition coefficient (Wildman–Crippen LogP) is 1.99. The van der Waals surface area contributed by atoms with E-state index in [4.69, 9.17) is 18.7 Å². The highest BCUT2D eigenvalue weighted by molar-refractivity contribution is 5.55. The molecule has 1 aromatic heterocycles. The molecule has 1 N–H and O–H groups in total. The summed E-state index contributed by atoms with van der Waals surface area (Å²) >= 11 is 0. The van der Waals surface area contributed by atoms with Gasteiger partial charge in [-0.2, -0.15) is 0 Å². The quantitative estimate of drug-likeness (QED) is 0.835. The molecular weight excluding hydrogens is 260 g/mol. The SMILES string of the molecule is COc1ccc(CNCc2ccon2)c(OC)c1OC. The Morgan fingerprint density at radius 2 is 1.80 bits per heavy atom. The van der Waals surface area contributed by atoms with Gasteiger partial charge in [0.25, 0.3) is 0 Å². The van der Waals surface area contributed by atoms with Crippen molar-refractivity contribution in [2.75, 3.05) is 21.3 Å². The number of ether oxygens (including phenoxy) is 3. The van der Waals surface area contributed by atoms with Gasteiger partial charge in [0.15, 0.2) is 11.5 Å². The number of nitrogens with one attached hydrogen (secondary N) is 1. The van der Waals surface area contributed by atoms with E-state index >= 15 is 0 Å². The maximum Gasteiger partial charge on any atom is 0.203 e. The lowest BCUT2D eigenvalue weighted by atomic mass is 10.1. The Kier molecular flexibility index (Phi) is 4.84. The van der Waals surface area contributed by atoms with E-state index in [2.05, 4.69) is 10.5 Å². The van der Waals surface area contributed by atoms with Crippen LogP contribution in [-0.2, 0) is 13.1 Å². The lowest BCUT2D eigenvalue weighted by Crippen LogP contribution is -2.14. The minimum Gasteiger partial charge on any atom is -0.493 e. The van der Waals surface area contributed by atoms with Gasteiger partial charge < -0.3 is 24.1 Å². The Morgan fingerprint density at radius 1 is 1.00 bits per heavy atom. The molecule has 1 aromatic carbocycles. The van der Waals surface area contributed by atoms with Crippen LogP contribution < -0.4 is 19.5 Å². The second kappa shape index (κ2) is 6.81. The Morgan fingerprint density at radius 3 is 2.40 bits per heavy atom. The molecule has 0 fully saturated rings. The minimum atomic E-state index is 0.593. The van der Waals surface area contributed by atoms with Gasteiger partial charge in [0, 0.05) is 24.7 Å². The highest BCUT2D eigenvalue weighted by Gasteiger charge is 2.15. The number of rotatable bonds is 7. The van der Waals surface area contributed by atoms with E-state index in [1.165, 1.54) is 0 Å². The average molecular weight is 278 g/mol. The molecule has 0 aliphatic carbocycles. The van der Waals surface area contributed by atoms with Crippen molar-refractivity contribution in [1.82, 2.24) is 10.5 Å². The van der Waals surface area contributed by atoms with Gasteiger partial charge in [0.1, 0.15) is 6.26 Å². The van der Waals surface area contributed by atoms with Crippen molar-refractivity contribution < 1.29 is 18.7 Å². The highest BCUT2D eigenvalue weighted by Crippen LogP contribution is 2.39. The molecule has 6 nitrogen and oxygen atoms in total. The first-order chi connectivity index (χ1) is 9.80. The van der Waals surface area contributed by atoms with Crippen LogP contribution in [0.1, 0.15) is 11.3 Å². The number of aromatic nitrogens is 1. The van der Waals surface area contributed by atoms with Gasteiger partial charge in [-0.15, -0.1) is 0 Å². The largest absolute Gasteiger partial charge is 0.493 e. The maximum absolute atomic E-state index is 5.42. The number of hydrogen-bond donors (Lipinski definition) is 1. The van der Waals surface area contributed by atoms with E-state index in [9.17, 15) is 0 Å². The molecule has 0 saturated carbocycles. The molecule has 0 amide bonds. The zero-order valence-corrected chi connectivity index (χ0v) is 11.8. The summed E-state index contributed by atoms with van der Waals surface area (Å²) in [5, 5.41) is 7.11. The Balaban J connectivity index is 2.10. The van der Waals surface area contributed by atoms with E-state index in [1.807, 2.05) is 18.2 Å². The van der Waals surface area contributed by atoms with Crippen LogP contribution in [0, 0.1) is 0 Å². The summed E-state index contributed by atoms with van der Waals surface area (Å²) in [5.74, 6) is 1.90. The third-order valence-corrected chi connectivity index (χ3v) is 2.90. The van der Waals surface area contributed by atoms with Crippen molar-refractivity contribution in [3.63, 3.8) is 0 Å². The molecular formula is C14H18N2O4. The van der Waals surface area contributed by atoms with Crippen molar-refractivity contribution >= 4 is 0 Å². The predicted molar refractivity (Wildman–Crippen MR) is 73.1 cm³/mol. The zero-order valence-electron chi connectivity index (χ0n) is 11.8. The van der Waals surface area contributed by atoms with E-state index in [0.29, 0.717) is 30.3 Å². The number of benzene rings is 1. The standard InChI is InChI=1S/C14H18N2O4/c1-17-12-5-4-10(13(18-2)14(12)19-3)8-15-9-11-6-7-20-16-11/h4-7,15H,8-9H2,1-3H3. The summed E-state index contributed by atoms with van der Waals surface area (Å²) in [6.45, 7) is 1.24. The minimum absolute atomic E-state index is 0.593. The van der Waals surface area contributed by atoms with E-state index in [-0.39, 0.29) is 0 Å². The van der Waals surface area contributed by atoms with Crippen LogP contribution in [0.25, 0.3) is 0 Å². The molecule has 0 aliphatic heterocycles. The van der Waals surface area contributed by atoms with Gasteiger partial charge in [-0.1, -0.05) is 11.2 Å². The van der Waals surface area contributed by atoms with Crippen molar-refractivity contribution in [2.45, 2.75) is 13.1 Å². The highest BCUT2D eigenvalue weighted by atomic mass is 16.5. The second-order valence-electron chi connectivity index (χ2n) is 4.09. The third kappa shape index (κ3) is 3.03. The van der Waals surface area contributed by atoms with Crippen molar-refractivity contribution in [3.05, 3.63) is 35.7 Å². The van der Waals surface area contributed by atoms with Crippen LogP contribution in [0.3, 0.4) is 0 Å². The lowest BCUT2D eigenvalue weighted by molar-refractivity contribution is 0.321. The fourth-order valence-corrected chi connectivity index (χ4v) is 1.96. The molecule has 108 valence electrons. The summed E-state index contributed by atoms with van der Waals surface area (Å²) in [5.41, 5.74) is 1.83. The average Bonchev–Trinajstić information content (AvgIpc) is 2.99. The van der Waals surface area contributed by atoms with Gasteiger partial charge in [0.2, 0.25) is 5.75 Å².